The maximum atomic E-state index is 14.1. The highest BCUT2D eigenvalue weighted by molar-refractivity contribution is 6.34. The zero-order chi connectivity index (χ0) is 29.8. The van der Waals surface area contributed by atoms with Crippen molar-refractivity contribution in [3.63, 3.8) is 0 Å². The third kappa shape index (κ3) is 5.93. The summed E-state index contributed by atoms with van der Waals surface area (Å²) in [6.45, 7) is 0. The number of aromatic amines is 1. The Bertz CT molecular complexity index is 1850. The van der Waals surface area contributed by atoms with Gasteiger partial charge in [-0.25, -0.2) is 14.6 Å². The summed E-state index contributed by atoms with van der Waals surface area (Å²) < 4.78 is 30.2. The first-order valence-electron chi connectivity index (χ1n) is 12.4. The van der Waals surface area contributed by atoms with Gasteiger partial charge < -0.3 is 19.2 Å². The van der Waals surface area contributed by atoms with Crippen LogP contribution < -0.4 is 19.6 Å². The summed E-state index contributed by atoms with van der Waals surface area (Å²) in [5.74, 6) is -0.992. The van der Waals surface area contributed by atoms with E-state index in [-0.39, 0.29) is 22.8 Å². The molecule has 0 fully saturated rings. The van der Waals surface area contributed by atoms with Gasteiger partial charge in [-0.2, -0.15) is 5.10 Å². The highest BCUT2D eigenvalue weighted by Crippen LogP contribution is 2.37. The number of aromatic nitrogens is 1. The van der Waals surface area contributed by atoms with Gasteiger partial charge in [0.25, 0.3) is 5.91 Å². The summed E-state index contributed by atoms with van der Waals surface area (Å²) in [6.07, 6.45) is 1.39. The van der Waals surface area contributed by atoms with Crippen molar-refractivity contribution in [1.29, 1.82) is 0 Å². The fourth-order valence-corrected chi connectivity index (χ4v) is 4.75. The minimum absolute atomic E-state index is 0.149. The third-order valence-electron chi connectivity index (χ3n) is 6.28. The Morgan fingerprint density at radius 3 is 2.43 bits per heavy atom. The third-order valence-corrected chi connectivity index (χ3v) is 6.85. The minimum Gasteiger partial charge on any atom is -0.496 e. The molecule has 4 aromatic carbocycles. The van der Waals surface area contributed by atoms with E-state index in [0.717, 1.165) is 0 Å². The van der Waals surface area contributed by atoms with Crippen molar-refractivity contribution in [3.8, 4) is 28.4 Å². The van der Waals surface area contributed by atoms with Gasteiger partial charge in [-0.15, -0.1) is 0 Å². The molecule has 0 radical (unpaired) electrons. The lowest BCUT2D eigenvalue weighted by molar-refractivity contribution is 0.0726. The van der Waals surface area contributed by atoms with Crippen LogP contribution in [0.2, 0.25) is 10.0 Å². The highest BCUT2D eigenvalue weighted by Gasteiger charge is 2.21. The van der Waals surface area contributed by atoms with E-state index < -0.39 is 17.7 Å². The molecule has 0 aliphatic carbocycles. The molecular formula is C31H22Cl2FN3O5. The number of methoxy groups -OCH3 is 2. The second-order valence-corrected chi connectivity index (χ2v) is 9.73. The Morgan fingerprint density at radius 1 is 0.905 bits per heavy atom. The Kier molecular flexibility index (Phi) is 8.42. The minimum atomic E-state index is -0.686. The monoisotopic (exact) mass is 605 g/mol. The van der Waals surface area contributed by atoms with E-state index in [1.54, 1.807) is 54.6 Å². The summed E-state index contributed by atoms with van der Waals surface area (Å²) in [5.41, 5.74) is 4.92. The topological polar surface area (TPSA) is 102 Å². The molecule has 42 heavy (non-hydrogen) atoms. The molecule has 0 saturated heterocycles. The fraction of sp³-hybridized carbons (Fsp3) is 0.0645. The summed E-state index contributed by atoms with van der Waals surface area (Å²) >= 11 is 12.5. The van der Waals surface area contributed by atoms with Gasteiger partial charge in [0.05, 0.1) is 20.4 Å². The highest BCUT2D eigenvalue weighted by atomic mass is 35.5. The van der Waals surface area contributed by atoms with Crippen molar-refractivity contribution in [2.45, 2.75) is 0 Å². The molecule has 0 spiro atoms. The van der Waals surface area contributed by atoms with E-state index >= 15 is 0 Å². The summed E-state index contributed by atoms with van der Waals surface area (Å²) in [7, 11) is 2.85. The van der Waals surface area contributed by atoms with Crippen LogP contribution in [0.25, 0.3) is 22.0 Å². The number of carbonyl (C=O) groups excluding carboxylic acids is 2. The predicted octanol–water partition coefficient (Wildman–Crippen LogP) is 7.28. The van der Waals surface area contributed by atoms with Crippen LogP contribution in [0.15, 0.2) is 84.0 Å². The number of nitrogens with zero attached hydrogens (tertiary/aromatic N) is 1. The maximum Gasteiger partial charge on any atom is 0.347 e. The van der Waals surface area contributed by atoms with Crippen LogP contribution in [-0.2, 0) is 0 Å². The molecular weight excluding hydrogens is 584 g/mol. The van der Waals surface area contributed by atoms with E-state index in [9.17, 15) is 14.0 Å². The Morgan fingerprint density at radius 2 is 1.67 bits per heavy atom. The molecule has 0 bridgehead atoms. The number of fused-ring (bicyclic) bond motifs is 1. The van der Waals surface area contributed by atoms with Gasteiger partial charge in [-0.05, 0) is 66.2 Å². The first kappa shape index (κ1) is 28.7. The van der Waals surface area contributed by atoms with Crippen LogP contribution in [0.5, 0.6) is 17.2 Å². The molecule has 1 aromatic heterocycles. The van der Waals surface area contributed by atoms with Crippen LogP contribution in [0.4, 0.5) is 4.39 Å². The first-order valence-corrected chi connectivity index (χ1v) is 13.2. The smallest absolute Gasteiger partial charge is 0.347 e. The molecule has 1 amide bonds. The molecule has 0 aliphatic rings. The number of hydrogen-bond donors (Lipinski definition) is 2. The largest absolute Gasteiger partial charge is 0.496 e. The number of hydrazone groups is 1. The van der Waals surface area contributed by atoms with Crippen LogP contribution in [0.1, 0.15) is 26.4 Å². The molecule has 5 rings (SSSR count). The van der Waals surface area contributed by atoms with Crippen LogP contribution >= 0.6 is 23.2 Å². The second kappa shape index (κ2) is 12.3. The number of esters is 1. The number of rotatable bonds is 8. The maximum absolute atomic E-state index is 14.1. The van der Waals surface area contributed by atoms with Gasteiger partial charge >= 0.3 is 5.97 Å². The molecule has 0 atom stereocenters. The van der Waals surface area contributed by atoms with Gasteiger partial charge in [0.15, 0.2) is 11.5 Å². The number of hydrogen-bond acceptors (Lipinski definition) is 6. The average molecular weight is 606 g/mol. The molecule has 1 heterocycles. The molecule has 5 aromatic rings. The van der Waals surface area contributed by atoms with Crippen molar-refractivity contribution in [2.24, 2.45) is 5.10 Å². The van der Waals surface area contributed by atoms with Crippen molar-refractivity contribution < 1.29 is 28.2 Å². The number of ether oxygens (including phenoxy) is 3. The quantitative estimate of drug-likeness (QED) is 0.0837. The van der Waals surface area contributed by atoms with Crippen LogP contribution in [0.3, 0.4) is 0 Å². The lowest BCUT2D eigenvalue weighted by atomic mass is 10.0. The second-order valence-electron chi connectivity index (χ2n) is 8.89. The molecule has 212 valence electrons. The van der Waals surface area contributed by atoms with Crippen molar-refractivity contribution in [2.75, 3.05) is 14.2 Å². The van der Waals surface area contributed by atoms with E-state index in [1.165, 1.54) is 44.7 Å². The Hall–Kier alpha value is -4.86. The van der Waals surface area contributed by atoms with Gasteiger partial charge in [-0.3, -0.25) is 4.79 Å². The van der Waals surface area contributed by atoms with Gasteiger partial charge in [0, 0.05) is 32.1 Å². The zero-order valence-corrected chi connectivity index (χ0v) is 23.7. The van der Waals surface area contributed by atoms with Gasteiger partial charge in [0.1, 0.15) is 22.8 Å². The fourth-order valence-electron chi connectivity index (χ4n) is 4.34. The lowest BCUT2D eigenvalue weighted by Gasteiger charge is -2.12. The van der Waals surface area contributed by atoms with E-state index in [0.29, 0.717) is 43.4 Å². The number of halogens is 3. The van der Waals surface area contributed by atoms with Crippen molar-refractivity contribution >= 4 is 52.2 Å². The summed E-state index contributed by atoms with van der Waals surface area (Å²) in [4.78, 5) is 29.0. The van der Waals surface area contributed by atoms with Crippen molar-refractivity contribution in [3.05, 3.63) is 112 Å². The summed E-state index contributed by atoms with van der Waals surface area (Å²) in [6, 6.07) is 20.5. The van der Waals surface area contributed by atoms with Crippen molar-refractivity contribution in [1.82, 2.24) is 10.4 Å². The van der Waals surface area contributed by atoms with E-state index in [4.69, 9.17) is 37.4 Å². The van der Waals surface area contributed by atoms with E-state index in [2.05, 4.69) is 15.5 Å². The standard InChI is InChI=1S/C31H22Cl2FN3O5/c1-40-25-12-8-18(32)14-22(25)31(39)42-26-11-7-17(13-27(26)41-2)16-35-37-30(38)29-28(20-5-3-4-6-23(20)33)21-15-19(34)9-10-24(21)36-29/h3-16,36H,1-2H3,(H,37,38). The van der Waals surface area contributed by atoms with Crippen LogP contribution in [-0.4, -0.2) is 37.3 Å². The first-order chi connectivity index (χ1) is 20.3. The predicted molar refractivity (Wildman–Crippen MR) is 160 cm³/mol. The normalized spacial score (nSPS) is 11.1. The Labute approximate surface area is 249 Å². The molecule has 0 unspecified atom stereocenters. The van der Waals surface area contributed by atoms with Gasteiger partial charge in [0.2, 0.25) is 0 Å². The van der Waals surface area contributed by atoms with Crippen LogP contribution in [0, 0.1) is 5.82 Å². The molecule has 0 aliphatic heterocycles. The molecule has 8 nitrogen and oxygen atoms in total. The number of benzene rings is 4. The number of nitrogens with one attached hydrogen (secondary N) is 2. The van der Waals surface area contributed by atoms with E-state index in [1.807, 2.05) is 0 Å². The Balaban J connectivity index is 1.37. The molecule has 0 saturated carbocycles. The molecule has 2 N–H and O–H groups in total. The number of H-pyrrole nitrogens is 1. The number of carbonyl (C=O) groups is 2. The number of amides is 1. The van der Waals surface area contributed by atoms with Gasteiger partial charge in [-0.1, -0.05) is 41.4 Å². The zero-order valence-electron chi connectivity index (χ0n) is 22.2. The SMILES string of the molecule is COc1cc(C=NNC(=O)c2[nH]c3ccc(F)cc3c2-c2ccccc2Cl)ccc1OC(=O)c1cc(Cl)ccc1OC. The summed E-state index contributed by atoms with van der Waals surface area (Å²) in [5, 5.41) is 5.32. The average Bonchev–Trinajstić information content (AvgIpc) is 3.36. The lowest BCUT2D eigenvalue weighted by Crippen LogP contribution is -2.19. The molecule has 11 heteroatoms.